The first-order chi connectivity index (χ1) is 10.4. The van der Waals surface area contributed by atoms with E-state index in [0.29, 0.717) is 0 Å². The molecule has 4 nitrogen and oxygen atoms in total. The molecule has 1 aliphatic rings. The number of benzene rings is 2. The first-order valence-electron chi connectivity index (χ1n) is 7.16. The van der Waals surface area contributed by atoms with Crippen molar-refractivity contribution in [2.45, 2.75) is 28.5 Å². The van der Waals surface area contributed by atoms with Crippen LogP contribution in [0.1, 0.15) is 17.0 Å². The summed E-state index contributed by atoms with van der Waals surface area (Å²) in [6.07, 6.45) is 0. The van der Waals surface area contributed by atoms with E-state index in [2.05, 4.69) is 0 Å². The second-order valence-corrected chi connectivity index (χ2v) is 8.01. The van der Waals surface area contributed by atoms with Crippen LogP contribution in [0.4, 0.5) is 0 Å². The van der Waals surface area contributed by atoms with Crippen molar-refractivity contribution in [3.63, 3.8) is 0 Å². The smallest absolute Gasteiger partial charge is 0.183 e. The molecule has 0 heterocycles. The molecule has 5 heteroatoms. The van der Waals surface area contributed by atoms with Crippen molar-refractivity contribution < 1.29 is 13.5 Å². The van der Waals surface area contributed by atoms with Crippen LogP contribution in [0, 0.1) is 6.92 Å². The largest absolute Gasteiger partial charge is 0.394 e. The van der Waals surface area contributed by atoms with E-state index in [1.165, 1.54) is 0 Å². The van der Waals surface area contributed by atoms with E-state index >= 15 is 0 Å². The van der Waals surface area contributed by atoms with Crippen LogP contribution in [-0.4, -0.2) is 30.9 Å². The molecule has 3 rings (SSSR count). The Balaban J connectivity index is 2.02. The summed E-state index contributed by atoms with van der Waals surface area (Å²) in [7, 11) is -3.58. The zero-order valence-corrected chi connectivity index (χ0v) is 13.1. The maximum atomic E-state index is 12.8. The Hall–Kier alpha value is -1.69. The molecule has 1 saturated carbocycles. The minimum Gasteiger partial charge on any atom is -0.394 e. The highest BCUT2D eigenvalue weighted by molar-refractivity contribution is 7.92. The number of hydrogen-bond acceptors (Lipinski definition) is 4. The number of nitrogens with two attached hydrogens (primary N) is 1. The van der Waals surface area contributed by atoms with Gasteiger partial charge in [-0.15, -0.1) is 0 Å². The lowest BCUT2D eigenvalue weighted by molar-refractivity contribution is 0.253. The number of aliphatic hydroxyl groups is 1. The predicted octanol–water partition coefficient (Wildman–Crippen LogP) is 1.62. The zero-order valence-electron chi connectivity index (χ0n) is 12.3. The highest BCUT2D eigenvalue weighted by Gasteiger charge is 2.68. The van der Waals surface area contributed by atoms with Crippen LogP contribution in [0.25, 0.3) is 0 Å². The fourth-order valence-corrected chi connectivity index (χ4v) is 5.41. The quantitative estimate of drug-likeness (QED) is 0.898. The molecule has 0 saturated heterocycles. The number of hydrogen-bond donors (Lipinski definition) is 2. The molecule has 0 radical (unpaired) electrons. The topological polar surface area (TPSA) is 80.4 Å². The summed E-state index contributed by atoms with van der Waals surface area (Å²) in [5, 5.41) is 8.85. The van der Waals surface area contributed by atoms with Crippen LogP contribution < -0.4 is 5.73 Å². The van der Waals surface area contributed by atoms with Crippen LogP contribution >= 0.6 is 0 Å². The van der Waals surface area contributed by atoms with Gasteiger partial charge in [0, 0.05) is 5.92 Å². The van der Waals surface area contributed by atoms with Gasteiger partial charge in [0.2, 0.25) is 0 Å². The van der Waals surface area contributed by atoms with E-state index in [-0.39, 0.29) is 17.4 Å². The third kappa shape index (κ3) is 2.26. The van der Waals surface area contributed by atoms with Gasteiger partial charge in [0.05, 0.1) is 22.3 Å². The molecule has 0 aliphatic heterocycles. The molecule has 1 fully saturated rings. The molecular formula is C17H19NO3S. The van der Waals surface area contributed by atoms with Crippen LogP contribution in [0.15, 0.2) is 59.5 Å². The van der Waals surface area contributed by atoms with E-state index in [0.717, 1.165) is 11.1 Å². The lowest BCUT2D eigenvalue weighted by Crippen LogP contribution is -2.35. The van der Waals surface area contributed by atoms with E-state index in [1.54, 1.807) is 30.3 Å². The van der Waals surface area contributed by atoms with Crippen molar-refractivity contribution in [3.8, 4) is 0 Å². The molecule has 3 N–H and O–H groups in total. The van der Waals surface area contributed by atoms with Crippen molar-refractivity contribution in [2.75, 3.05) is 6.61 Å². The molecule has 0 spiro atoms. The third-order valence-corrected chi connectivity index (χ3v) is 6.73. The van der Waals surface area contributed by atoms with Crippen LogP contribution in [-0.2, 0) is 9.84 Å². The normalized spacial score (nSPS) is 27.6. The van der Waals surface area contributed by atoms with Gasteiger partial charge < -0.3 is 10.8 Å². The Bertz CT molecular complexity index is 771. The van der Waals surface area contributed by atoms with E-state index in [4.69, 9.17) is 5.73 Å². The fraction of sp³-hybridized carbons (Fsp3) is 0.294. The van der Waals surface area contributed by atoms with Gasteiger partial charge in [-0.2, -0.15) is 0 Å². The molecule has 2 aromatic carbocycles. The summed E-state index contributed by atoms with van der Waals surface area (Å²) in [5.74, 6) is -0.386. The van der Waals surface area contributed by atoms with E-state index in [1.807, 2.05) is 31.2 Å². The molecular weight excluding hydrogens is 298 g/mol. The Morgan fingerprint density at radius 3 is 2.23 bits per heavy atom. The molecule has 1 aliphatic carbocycles. The zero-order chi connectivity index (χ0) is 16.0. The number of aliphatic hydroxyl groups excluding tert-OH is 1. The minimum atomic E-state index is -3.58. The molecule has 0 unspecified atom stereocenters. The number of aryl methyl sites for hydroxylation is 1. The lowest BCUT2D eigenvalue weighted by atomic mass is 10.1. The van der Waals surface area contributed by atoms with Crippen molar-refractivity contribution in [1.29, 1.82) is 0 Å². The van der Waals surface area contributed by atoms with Gasteiger partial charge in [0.25, 0.3) is 0 Å². The van der Waals surface area contributed by atoms with Crippen LogP contribution in [0.5, 0.6) is 0 Å². The van der Waals surface area contributed by atoms with E-state index < -0.39 is 20.6 Å². The van der Waals surface area contributed by atoms with Gasteiger partial charge >= 0.3 is 0 Å². The maximum Gasteiger partial charge on any atom is 0.183 e. The summed E-state index contributed by atoms with van der Waals surface area (Å²) in [6.45, 7) is 1.61. The van der Waals surface area contributed by atoms with Crippen molar-refractivity contribution in [1.82, 2.24) is 0 Å². The predicted molar refractivity (Wildman–Crippen MR) is 85.3 cm³/mol. The molecule has 0 aromatic heterocycles. The van der Waals surface area contributed by atoms with Gasteiger partial charge in [-0.25, -0.2) is 8.42 Å². The standard InChI is InChI=1S/C17H19NO3S/c1-12-7-9-13(10-8-12)15-16(17(15,18)11-19)22(20,21)14-5-3-2-4-6-14/h2-10,15-16,19H,11,18H2,1H3/t15-,16-,17-/m1/s1. The molecule has 3 atom stereocenters. The lowest BCUT2D eigenvalue weighted by Gasteiger charge is -2.08. The highest BCUT2D eigenvalue weighted by atomic mass is 32.2. The second-order valence-electron chi connectivity index (χ2n) is 5.94. The Morgan fingerprint density at radius 1 is 1.09 bits per heavy atom. The van der Waals surface area contributed by atoms with Gasteiger partial charge in [0.15, 0.2) is 9.84 Å². The first-order valence-corrected chi connectivity index (χ1v) is 8.71. The van der Waals surface area contributed by atoms with Gasteiger partial charge in [0.1, 0.15) is 0 Å². The summed E-state index contributed by atoms with van der Waals surface area (Å²) in [4.78, 5) is 0.248. The average Bonchev–Trinajstić information content (AvgIpc) is 3.17. The second kappa shape index (κ2) is 5.19. The first kappa shape index (κ1) is 15.2. The Kier molecular flexibility index (Phi) is 3.59. The van der Waals surface area contributed by atoms with Crippen LogP contribution in [0.3, 0.4) is 0 Å². The SMILES string of the molecule is Cc1ccc([C@@H]2[C@@H](S(=O)(=O)c3ccccc3)[C@@]2(N)CO)cc1. The van der Waals surface area contributed by atoms with Crippen molar-refractivity contribution >= 4 is 9.84 Å². The number of sulfone groups is 1. The Morgan fingerprint density at radius 2 is 1.68 bits per heavy atom. The molecule has 0 bridgehead atoms. The van der Waals surface area contributed by atoms with Gasteiger partial charge in [-0.1, -0.05) is 48.0 Å². The summed E-state index contributed by atoms with van der Waals surface area (Å²) < 4.78 is 25.7. The van der Waals surface area contributed by atoms with E-state index in [9.17, 15) is 13.5 Å². The minimum absolute atomic E-state index is 0.248. The maximum absolute atomic E-state index is 12.8. The average molecular weight is 317 g/mol. The Labute approximate surface area is 130 Å². The molecule has 116 valence electrons. The fourth-order valence-electron chi connectivity index (χ4n) is 3.09. The van der Waals surface area contributed by atoms with Crippen molar-refractivity contribution in [2.24, 2.45) is 5.73 Å². The molecule has 2 aromatic rings. The number of rotatable bonds is 4. The summed E-state index contributed by atoms with van der Waals surface area (Å²) >= 11 is 0. The van der Waals surface area contributed by atoms with Gasteiger partial charge in [-0.05, 0) is 24.6 Å². The monoisotopic (exact) mass is 317 g/mol. The van der Waals surface area contributed by atoms with Crippen molar-refractivity contribution in [3.05, 3.63) is 65.7 Å². The third-order valence-electron chi connectivity index (χ3n) is 4.42. The molecule has 22 heavy (non-hydrogen) atoms. The van der Waals surface area contributed by atoms with Crippen LogP contribution in [0.2, 0.25) is 0 Å². The summed E-state index contributed by atoms with van der Waals surface area (Å²) in [6, 6.07) is 15.9. The van der Waals surface area contributed by atoms with Gasteiger partial charge in [-0.3, -0.25) is 0 Å². The highest BCUT2D eigenvalue weighted by Crippen LogP contribution is 2.55. The summed E-state index contributed by atoms with van der Waals surface area (Å²) in [5.41, 5.74) is 7.03. The molecule has 0 amide bonds.